The Labute approximate surface area is 81.9 Å². The topological polar surface area (TPSA) is 69.1 Å². The molecule has 2 aromatic rings. The third-order valence-electron chi connectivity index (χ3n) is 2.13. The van der Waals surface area contributed by atoms with Crippen LogP contribution < -0.4 is 5.73 Å². The Bertz CT molecular complexity index is 422. The maximum Gasteiger partial charge on any atom is 0.177 e. The minimum atomic E-state index is -0.0788. The summed E-state index contributed by atoms with van der Waals surface area (Å²) in [6.45, 7) is 2.09. The Hall–Kier alpha value is -1.49. The van der Waals surface area contributed by atoms with Gasteiger partial charge in [0, 0.05) is 6.20 Å². The first-order valence-corrected chi connectivity index (χ1v) is 4.75. The molecule has 0 fully saturated rings. The molecule has 0 bridgehead atoms. The van der Waals surface area contributed by atoms with Crippen molar-refractivity contribution in [3.63, 3.8) is 0 Å². The van der Waals surface area contributed by atoms with E-state index in [0.29, 0.717) is 0 Å². The van der Waals surface area contributed by atoms with Gasteiger partial charge in [0.15, 0.2) is 11.5 Å². The standard InChI is InChI=1S/C9H13N5/c1-2-4-7(10)9-13-12-8-5-3-6-11-14(8)9/h3,5-7H,2,4,10H2,1H3. The van der Waals surface area contributed by atoms with E-state index < -0.39 is 0 Å². The van der Waals surface area contributed by atoms with Crippen LogP contribution in [-0.4, -0.2) is 19.8 Å². The molecule has 2 heterocycles. The number of hydrogen-bond acceptors (Lipinski definition) is 4. The molecule has 0 spiro atoms. The molecule has 2 rings (SSSR count). The second kappa shape index (κ2) is 3.71. The summed E-state index contributed by atoms with van der Waals surface area (Å²) in [5.41, 5.74) is 6.70. The summed E-state index contributed by atoms with van der Waals surface area (Å²) in [5.74, 6) is 0.738. The fourth-order valence-electron chi connectivity index (χ4n) is 1.43. The molecule has 1 unspecified atom stereocenters. The van der Waals surface area contributed by atoms with E-state index in [1.165, 1.54) is 0 Å². The van der Waals surface area contributed by atoms with E-state index in [1.807, 2.05) is 12.1 Å². The number of nitrogens with two attached hydrogens (primary N) is 1. The average molecular weight is 191 g/mol. The van der Waals surface area contributed by atoms with Crippen LogP contribution in [0.25, 0.3) is 5.65 Å². The van der Waals surface area contributed by atoms with E-state index in [4.69, 9.17) is 5.73 Å². The third kappa shape index (κ3) is 1.46. The van der Waals surface area contributed by atoms with Crippen LogP contribution >= 0.6 is 0 Å². The maximum atomic E-state index is 5.95. The van der Waals surface area contributed by atoms with Crippen LogP contribution in [0, 0.1) is 0 Å². The smallest absolute Gasteiger partial charge is 0.177 e. The Kier molecular flexibility index (Phi) is 2.41. The highest BCUT2D eigenvalue weighted by Crippen LogP contribution is 2.13. The van der Waals surface area contributed by atoms with E-state index >= 15 is 0 Å². The predicted octanol–water partition coefficient (Wildman–Crippen LogP) is 0.924. The highest BCUT2D eigenvalue weighted by Gasteiger charge is 2.12. The van der Waals surface area contributed by atoms with Crippen LogP contribution in [0.3, 0.4) is 0 Å². The van der Waals surface area contributed by atoms with Crippen molar-refractivity contribution in [1.29, 1.82) is 0 Å². The summed E-state index contributed by atoms with van der Waals surface area (Å²) in [6.07, 6.45) is 3.64. The van der Waals surface area contributed by atoms with Crippen molar-refractivity contribution in [2.75, 3.05) is 0 Å². The van der Waals surface area contributed by atoms with Crippen molar-refractivity contribution >= 4 is 5.65 Å². The zero-order chi connectivity index (χ0) is 9.97. The number of aromatic nitrogens is 4. The van der Waals surface area contributed by atoms with Crippen molar-refractivity contribution in [2.24, 2.45) is 5.73 Å². The predicted molar refractivity (Wildman–Crippen MR) is 52.6 cm³/mol. The molecule has 0 radical (unpaired) electrons. The minimum Gasteiger partial charge on any atom is -0.321 e. The molecule has 2 N–H and O–H groups in total. The van der Waals surface area contributed by atoms with Gasteiger partial charge < -0.3 is 5.73 Å². The summed E-state index contributed by atoms with van der Waals surface area (Å²) in [5, 5.41) is 12.2. The van der Waals surface area contributed by atoms with E-state index in [-0.39, 0.29) is 6.04 Å². The summed E-state index contributed by atoms with van der Waals surface area (Å²) in [6, 6.07) is 3.62. The van der Waals surface area contributed by atoms with E-state index in [0.717, 1.165) is 24.3 Å². The lowest BCUT2D eigenvalue weighted by molar-refractivity contribution is 0.583. The molecular formula is C9H13N5. The quantitative estimate of drug-likeness (QED) is 0.783. The molecule has 0 aliphatic rings. The molecular weight excluding hydrogens is 178 g/mol. The Morgan fingerprint density at radius 3 is 3.14 bits per heavy atom. The fourth-order valence-corrected chi connectivity index (χ4v) is 1.43. The van der Waals surface area contributed by atoms with Gasteiger partial charge >= 0.3 is 0 Å². The van der Waals surface area contributed by atoms with Crippen LogP contribution in [-0.2, 0) is 0 Å². The molecule has 14 heavy (non-hydrogen) atoms. The second-order valence-electron chi connectivity index (χ2n) is 3.25. The zero-order valence-corrected chi connectivity index (χ0v) is 8.09. The molecule has 0 saturated carbocycles. The first kappa shape index (κ1) is 9.08. The fraction of sp³-hybridized carbons (Fsp3) is 0.444. The molecule has 5 heteroatoms. The van der Waals surface area contributed by atoms with Gasteiger partial charge in [-0.25, -0.2) is 0 Å². The number of hydrogen-bond donors (Lipinski definition) is 1. The van der Waals surface area contributed by atoms with Crippen LogP contribution in [0.5, 0.6) is 0 Å². The zero-order valence-electron chi connectivity index (χ0n) is 8.09. The molecule has 74 valence electrons. The molecule has 0 saturated heterocycles. The Morgan fingerprint density at radius 2 is 2.36 bits per heavy atom. The monoisotopic (exact) mass is 191 g/mol. The lowest BCUT2D eigenvalue weighted by Crippen LogP contribution is -2.14. The number of fused-ring (bicyclic) bond motifs is 1. The van der Waals surface area contributed by atoms with Crippen LogP contribution in [0.4, 0.5) is 0 Å². The van der Waals surface area contributed by atoms with Crippen molar-refractivity contribution in [3.05, 3.63) is 24.2 Å². The van der Waals surface area contributed by atoms with Gasteiger partial charge in [-0.15, -0.1) is 10.2 Å². The van der Waals surface area contributed by atoms with Crippen molar-refractivity contribution in [2.45, 2.75) is 25.8 Å². The first-order valence-electron chi connectivity index (χ1n) is 4.75. The molecule has 1 atom stereocenters. The molecule has 0 amide bonds. The summed E-state index contributed by atoms with van der Waals surface area (Å²) >= 11 is 0. The van der Waals surface area contributed by atoms with E-state index in [1.54, 1.807) is 10.7 Å². The third-order valence-corrected chi connectivity index (χ3v) is 2.13. The molecule has 0 aliphatic carbocycles. The Morgan fingerprint density at radius 1 is 1.50 bits per heavy atom. The lowest BCUT2D eigenvalue weighted by Gasteiger charge is -2.06. The van der Waals surface area contributed by atoms with E-state index in [2.05, 4.69) is 22.2 Å². The number of nitrogens with zero attached hydrogens (tertiary/aromatic N) is 4. The normalized spacial score (nSPS) is 13.3. The van der Waals surface area contributed by atoms with Gasteiger partial charge in [0.25, 0.3) is 0 Å². The highest BCUT2D eigenvalue weighted by atomic mass is 15.4. The van der Waals surface area contributed by atoms with Crippen molar-refractivity contribution in [1.82, 2.24) is 19.8 Å². The first-order chi connectivity index (χ1) is 6.83. The van der Waals surface area contributed by atoms with Crippen LogP contribution in [0.1, 0.15) is 31.6 Å². The molecule has 0 aliphatic heterocycles. The van der Waals surface area contributed by atoms with Gasteiger partial charge in [0.1, 0.15) is 0 Å². The van der Waals surface area contributed by atoms with Gasteiger partial charge in [0.05, 0.1) is 6.04 Å². The molecule has 2 aromatic heterocycles. The minimum absolute atomic E-state index is 0.0788. The van der Waals surface area contributed by atoms with Crippen molar-refractivity contribution < 1.29 is 0 Å². The maximum absolute atomic E-state index is 5.95. The summed E-state index contributed by atoms with van der Waals surface area (Å²) in [7, 11) is 0. The van der Waals surface area contributed by atoms with Crippen LogP contribution in [0.2, 0.25) is 0 Å². The van der Waals surface area contributed by atoms with Gasteiger partial charge in [-0.05, 0) is 18.6 Å². The van der Waals surface area contributed by atoms with Gasteiger partial charge in [0.2, 0.25) is 0 Å². The summed E-state index contributed by atoms with van der Waals surface area (Å²) < 4.78 is 1.69. The largest absolute Gasteiger partial charge is 0.321 e. The van der Waals surface area contributed by atoms with E-state index in [9.17, 15) is 0 Å². The van der Waals surface area contributed by atoms with Gasteiger partial charge in [-0.3, -0.25) is 0 Å². The highest BCUT2D eigenvalue weighted by molar-refractivity contribution is 5.35. The summed E-state index contributed by atoms with van der Waals surface area (Å²) in [4.78, 5) is 0. The number of rotatable bonds is 3. The van der Waals surface area contributed by atoms with Crippen molar-refractivity contribution in [3.8, 4) is 0 Å². The second-order valence-corrected chi connectivity index (χ2v) is 3.25. The van der Waals surface area contributed by atoms with Crippen LogP contribution in [0.15, 0.2) is 18.3 Å². The molecule has 5 nitrogen and oxygen atoms in total. The average Bonchev–Trinajstić information content (AvgIpc) is 2.61. The SMILES string of the molecule is CCCC(N)c1nnc2cccnn12. The molecule has 0 aromatic carbocycles. The Balaban J connectivity index is 2.42. The van der Waals surface area contributed by atoms with Gasteiger partial charge in [-0.1, -0.05) is 13.3 Å². The van der Waals surface area contributed by atoms with Gasteiger partial charge in [-0.2, -0.15) is 9.61 Å². The lowest BCUT2D eigenvalue weighted by atomic mass is 10.2.